The molecule has 190 valence electrons. The third kappa shape index (κ3) is 4.89. The quantitative estimate of drug-likeness (QED) is 0.509. The number of hydrogen-bond donors (Lipinski definition) is 2. The molecule has 2 aliphatic heterocycles. The Bertz CT molecular complexity index is 1320. The van der Waals surface area contributed by atoms with E-state index >= 15 is 0 Å². The number of carbonyl (C=O) groups is 1. The van der Waals surface area contributed by atoms with E-state index in [1.165, 1.54) is 16.8 Å². The highest BCUT2D eigenvalue weighted by Crippen LogP contribution is 2.43. The number of H-pyrrole nitrogens is 1. The molecule has 4 heterocycles. The SMILES string of the molecule is Cc1cc(-c2ncnc3cc(C4CCN(C)CC4)[nH]c23)ccc1CN1C=C(C(N)=O)SC1C(C)(C)C. The van der Waals surface area contributed by atoms with Crippen molar-refractivity contribution in [1.29, 1.82) is 0 Å². The number of aryl methyl sites for hydroxylation is 1. The van der Waals surface area contributed by atoms with Gasteiger partial charge < -0.3 is 20.5 Å². The van der Waals surface area contributed by atoms with Crippen LogP contribution in [0.4, 0.5) is 0 Å². The van der Waals surface area contributed by atoms with Crippen molar-refractivity contribution in [2.24, 2.45) is 11.1 Å². The van der Waals surface area contributed by atoms with Gasteiger partial charge in [0.25, 0.3) is 5.91 Å². The second kappa shape index (κ2) is 9.56. The minimum atomic E-state index is -0.359. The normalized spacial score (nSPS) is 19.8. The number of primary amides is 1. The van der Waals surface area contributed by atoms with Crippen LogP contribution < -0.4 is 5.73 Å². The van der Waals surface area contributed by atoms with Gasteiger partial charge in [-0.15, -0.1) is 0 Å². The summed E-state index contributed by atoms with van der Waals surface area (Å²) in [6.07, 6.45) is 5.92. The number of piperidine rings is 1. The van der Waals surface area contributed by atoms with Gasteiger partial charge in [0.1, 0.15) is 6.33 Å². The predicted octanol–water partition coefficient (Wildman–Crippen LogP) is 4.99. The number of nitrogens with one attached hydrogen (secondary N) is 1. The second-order valence-corrected chi connectivity index (χ2v) is 12.4. The number of nitrogens with zero attached hydrogens (tertiary/aromatic N) is 4. The van der Waals surface area contributed by atoms with Gasteiger partial charge in [-0.25, -0.2) is 9.97 Å². The van der Waals surface area contributed by atoms with E-state index < -0.39 is 0 Å². The van der Waals surface area contributed by atoms with Crippen LogP contribution >= 0.6 is 11.8 Å². The first-order chi connectivity index (χ1) is 17.1. The van der Waals surface area contributed by atoms with Gasteiger partial charge in [-0.05, 0) is 68.6 Å². The first-order valence-electron chi connectivity index (χ1n) is 12.7. The monoisotopic (exact) mass is 504 g/mol. The Labute approximate surface area is 217 Å². The maximum atomic E-state index is 11.9. The highest BCUT2D eigenvalue weighted by Gasteiger charge is 2.36. The van der Waals surface area contributed by atoms with Crippen LogP contribution in [0.1, 0.15) is 56.4 Å². The first-order valence-corrected chi connectivity index (χ1v) is 13.5. The van der Waals surface area contributed by atoms with E-state index in [-0.39, 0.29) is 16.7 Å². The molecule has 1 unspecified atom stereocenters. The van der Waals surface area contributed by atoms with Crippen LogP contribution in [-0.4, -0.2) is 56.2 Å². The van der Waals surface area contributed by atoms with Gasteiger partial charge in [-0.1, -0.05) is 44.7 Å². The average molecular weight is 505 g/mol. The molecule has 2 aromatic heterocycles. The Morgan fingerprint density at radius 1 is 1.19 bits per heavy atom. The summed E-state index contributed by atoms with van der Waals surface area (Å²) in [6, 6.07) is 8.74. The summed E-state index contributed by atoms with van der Waals surface area (Å²) in [5, 5.41) is 0.150. The number of amides is 1. The third-order valence-corrected chi connectivity index (χ3v) is 9.13. The highest BCUT2D eigenvalue weighted by atomic mass is 32.2. The molecule has 0 bridgehead atoms. The van der Waals surface area contributed by atoms with E-state index in [2.05, 4.69) is 83.8 Å². The number of rotatable bonds is 5. The Morgan fingerprint density at radius 2 is 1.94 bits per heavy atom. The molecular formula is C28H36N6OS. The van der Waals surface area contributed by atoms with Gasteiger partial charge >= 0.3 is 0 Å². The Kier molecular flexibility index (Phi) is 6.59. The second-order valence-electron chi connectivity index (χ2n) is 11.3. The lowest BCUT2D eigenvalue weighted by Crippen LogP contribution is -2.35. The molecule has 0 radical (unpaired) electrons. The van der Waals surface area contributed by atoms with E-state index in [1.54, 1.807) is 18.1 Å². The molecule has 5 rings (SSSR count). The van der Waals surface area contributed by atoms with Crippen molar-refractivity contribution in [3.8, 4) is 11.3 Å². The molecule has 7 nitrogen and oxygen atoms in total. The Balaban J connectivity index is 1.42. The van der Waals surface area contributed by atoms with Gasteiger partial charge in [0, 0.05) is 29.9 Å². The molecule has 1 aromatic carbocycles. The molecule has 1 amide bonds. The average Bonchev–Trinajstić information content (AvgIpc) is 3.45. The lowest BCUT2D eigenvalue weighted by Gasteiger charge is -2.35. The van der Waals surface area contributed by atoms with Crippen molar-refractivity contribution in [3.05, 3.63) is 58.5 Å². The molecular weight excluding hydrogens is 468 g/mol. The van der Waals surface area contributed by atoms with Gasteiger partial charge in [0.2, 0.25) is 0 Å². The van der Waals surface area contributed by atoms with Crippen molar-refractivity contribution in [3.63, 3.8) is 0 Å². The topological polar surface area (TPSA) is 91.1 Å². The maximum Gasteiger partial charge on any atom is 0.256 e. The summed E-state index contributed by atoms with van der Waals surface area (Å²) in [4.78, 5) is 30.0. The van der Waals surface area contributed by atoms with Crippen molar-refractivity contribution in [1.82, 2.24) is 24.8 Å². The van der Waals surface area contributed by atoms with E-state index in [1.807, 2.05) is 6.20 Å². The fourth-order valence-electron chi connectivity index (χ4n) is 5.30. The number of likely N-dealkylation sites (tertiary alicyclic amines) is 1. The molecule has 1 saturated heterocycles. The fraction of sp³-hybridized carbons (Fsp3) is 0.464. The third-order valence-electron chi connectivity index (χ3n) is 7.37. The minimum Gasteiger partial charge on any atom is -0.365 e. The number of fused-ring (bicyclic) bond motifs is 1. The summed E-state index contributed by atoms with van der Waals surface area (Å²) in [5.74, 6) is 0.182. The number of hydrogen-bond acceptors (Lipinski definition) is 6. The number of carbonyl (C=O) groups excluding carboxylic acids is 1. The van der Waals surface area contributed by atoms with Gasteiger partial charge in [0.15, 0.2) is 0 Å². The van der Waals surface area contributed by atoms with Crippen LogP contribution in [0, 0.1) is 12.3 Å². The van der Waals surface area contributed by atoms with Gasteiger partial charge in [-0.3, -0.25) is 4.79 Å². The summed E-state index contributed by atoms with van der Waals surface area (Å²) < 4.78 is 0. The van der Waals surface area contributed by atoms with Crippen LogP contribution in [0.25, 0.3) is 22.3 Å². The van der Waals surface area contributed by atoms with Gasteiger partial charge in [-0.2, -0.15) is 0 Å². The van der Waals surface area contributed by atoms with Crippen molar-refractivity contribution in [2.45, 2.75) is 58.4 Å². The largest absolute Gasteiger partial charge is 0.365 e. The summed E-state index contributed by atoms with van der Waals surface area (Å²) >= 11 is 1.56. The van der Waals surface area contributed by atoms with E-state index in [0.29, 0.717) is 10.8 Å². The molecule has 3 aromatic rings. The number of aromatic amines is 1. The highest BCUT2D eigenvalue weighted by molar-refractivity contribution is 8.04. The smallest absolute Gasteiger partial charge is 0.256 e. The number of benzene rings is 1. The Morgan fingerprint density at radius 3 is 2.61 bits per heavy atom. The summed E-state index contributed by atoms with van der Waals surface area (Å²) in [7, 11) is 2.19. The first kappa shape index (κ1) is 24.8. The molecule has 3 N–H and O–H groups in total. The van der Waals surface area contributed by atoms with Crippen molar-refractivity contribution in [2.75, 3.05) is 20.1 Å². The van der Waals surface area contributed by atoms with Crippen molar-refractivity contribution >= 4 is 28.7 Å². The predicted molar refractivity (Wildman–Crippen MR) is 147 cm³/mol. The zero-order valence-electron chi connectivity index (χ0n) is 21.8. The molecule has 1 atom stereocenters. The van der Waals surface area contributed by atoms with Crippen LogP contribution in [0.3, 0.4) is 0 Å². The maximum absolute atomic E-state index is 11.9. The number of aromatic nitrogens is 3. The molecule has 0 aliphatic carbocycles. The zero-order chi connectivity index (χ0) is 25.6. The van der Waals surface area contributed by atoms with Gasteiger partial charge in [0.05, 0.1) is 27.0 Å². The molecule has 36 heavy (non-hydrogen) atoms. The van der Waals surface area contributed by atoms with Crippen LogP contribution in [0.2, 0.25) is 0 Å². The van der Waals surface area contributed by atoms with Crippen LogP contribution in [-0.2, 0) is 11.3 Å². The molecule has 0 saturated carbocycles. The van der Waals surface area contributed by atoms with E-state index in [0.717, 1.165) is 54.8 Å². The molecule has 1 fully saturated rings. The molecule has 2 aliphatic rings. The molecule has 8 heteroatoms. The zero-order valence-corrected chi connectivity index (χ0v) is 22.7. The van der Waals surface area contributed by atoms with Crippen LogP contribution in [0.5, 0.6) is 0 Å². The summed E-state index contributed by atoms with van der Waals surface area (Å²) in [5.41, 5.74) is 13.3. The Hall–Kier alpha value is -2.84. The van der Waals surface area contributed by atoms with Crippen LogP contribution in [0.15, 0.2) is 41.7 Å². The lowest BCUT2D eigenvalue weighted by atomic mass is 9.94. The fourth-order valence-corrected chi connectivity index (χ4v) is 6.47. The minimum absolute atomic E-state index is 0.00213. The van der Waals surface area contributed by atoms with Crippen molar-refractivity contribution < 1.29 is 4.79 Å². The number of thioether (sulfide) groups is 1. The summed E-state index contributed by atoms with van der Waals surface area (Å²) in [6.45, 7) is 11.7. The van der Waals surface area contributed by atoms with E-state index in [9.17, 15) is 4.79 Å². The van der Waals surface area contributed by atoms with E-state index in [4.69, 9.17) is 5.73 Å². The lowest BCUT2D eigenvalue weighted by molar-refractivity contribution is -0.113. The standard InChI is InChI=1S/C28H36N6OS/c1-17-12-19(6-7-20(17)14-34-15-23(26(29)35)36-27(34)28(2,3)4)24-25-22(30-16-31-24)13-21(32-25)18-8-10-33(5)11-9-18/h6-7,12-13,15-16,18,27,32H,8-11,14H2,1-5H3,(H2,29,35). The molecule has 0 spiro atoms. The number of nitrogens with two attached hydrogens (primary N) is 1.